The Bertz CT molecular complexity index is 2030. The number of nitrogens with one attached hydrogen (secondary N) is 9. The molecule has 0 aromatic heterocycles. The van der Waals surface area contributed by atoms with Gasteiger partial charge in [-0.25, -0.2) is 0 Å². The first-order valence-corrected chi connectivity index (χ1v) is 29.0. The molecule has 0 radical (unpaired) electrons. The maximum absolute atomic E-state index is 14.1. The summed E-state index contributed by atoms with van der Waals surface area (Å²) in [5.41, 5.74) is -4.63. The van der Waals surface area contributed by atoms with E-state index < -0.39 is 112 Å². The zero-order valence-corrected chi connectivity index (χ0v) is 50.8. The monoisotopic (exact) mass is 1120 g/mol. The van der Waals surface area contributed by atoms with Gasteiger partial charge in [0.2, 0.25) is 53.2 Å². The molecule has 0 aliphatic carbocycles. The molecule has 1 aliphatic heterocycles. The van der Waals surface area contributed by atoms with Crippen molar-refractivity contribution >= 4 is 58.9 Å². The normalized spacial score (nSPS) is 17.0. The van der Waals surface area contributed by atoms with E-state index in [0.717, 1.165) is 32.1 Å². The van der Waals surface area contributed by atoms with E-state index in [2.05, 4.69) is 54.8 Å². The van der Waals surface area contributed by atoms with E-state index in [4.69, 9.17) is 5.11 Å². The van der Waals surface area contributed by atoms with Gasteiger partial charge in [-0.1, -0.05) is 93.9 Å². The summed E-state index contributed by atoms with van der Waals surface area (Å²) in [5, 5.41) is 44.4. The van der Waals surface area contributed by atoms with Crippen molar-refractivity contribution < 1.29 is 58.2 Å². The molecule has 0 bridgehead atoms. The quantitative estimate of drug-likeness (QED) is 0.0399. The number of carbonyl (C=O) groups is 10. The molecule has 1 fully saturated rings. The fourth-order valence-electron chi connectivity index (χ4n) is 9.17. The van der Waals surface area contributed by atoms with E-state index in [1.54, 1.807) is 53.4 Å². The standard InChI is InChI=1S/C57H104N10O12/c1-17-19-20-21-22-23-25-37(8)51(76)67-28-24-26-43(67)48(73)61-42(31-36(7)30-41(70)32-40(69)18-2)47(72)60-39(10)46(71)64-55(11,12)53(78)63-44(34(3)4)49(74)62-45(35(5)6)50(75)65-57(15,16)54(79)66-56(13,14)52(77)59-38(9)33-58-27-29-68/h34-39,41-45,58,68,70H,17-33H2,1-16H3,(H,59,77)(H,60,72)(H,61,73)(H,62,74)(H,63,78)(H,64,71)(H,65,75)(H,66,79)/t36?,37?,38?,39-,41?,42?,43-,44-,45-/m0/s1. The Morgan fingerprint density at radius 1 is 0.608 bits per heavy atom. The third kappa shape index (κ3) is 25.0. The first kappa shape index (κ1) is 71.8. The van der Waals surface area contributed by atoms with Crippen LogP contribution >= 0.6 is 0 Å². The minimum Gasteiger partial charge on any atom is -0.395 e. The molecular formula is C57H104N10O12. The van der Waals surface area contributed by atoms with Gasteiger partial charge in [0.25, 0.3) is 0 Å². The SMILES string of the molecule is CCCCCCCCC(C)C(=O)N1CCC[C@H]1C(=O)NC(CC(C)CC(O)CC(=O)CC)C(=O)N[C@@H](C)C(=O)NC(C)(C)C(=O)N[C@H](C(=O)N[C@H](C(=O)NC(C)(C)C(=O)NC(C)(C)C(=O)NC(C)CNCCO)C(C)C)C(C)C. The lowest BCUT2D eigenvalue weighted by molar-refractivity contribution is -0.142. The smallest absolute Gasteiger partial charge is 0.246 e. The summed E-state index contributed by atoms with van der Waals surface area (Å²) >= 11 is 0. The fourth-order valence-corrected chi connectivity index (χ4v) is 9.17. The van der Waals surface area contributed by atoms with E-state index in [9.17, 15) is 53.1 Å². The summed E-state index contributed by atoms with van der Waals surface area (Å²) in [4.78, 5) is 138. The zero-order valence-electron chi connectivity index (χ0n) is 50.8. The van der Waals surface area contributed by atoms with Crippen molar-refractivity contribution in [3.05, 3.63) is 0 Å². The molecule has 9 atom stereocenters. The second-order valence-electron chi connectivity index (χ2n) is 24.3. The van der Waals surface area contributed by atoms with Crippen molar-refractivity contribution in [2.24, 2.45) is 23.7 Å². The van der Waals surface area contributed by atoms with Crippen molar-refractivity contribution in [1.82, 2.24) is 52.8 Å². The Hall–Kier alpha value is -5.22. The fraction of sp³-hybridized carbons (Fsp3) is 0.825. The summed E-state index contributed by atoms with van der Waals surface area (Å²) in [7, 11) is 0. The van der Waals surface area contributed by atoms with Crippen LogP contribution in [0.4, 0.5) is 0 Å². The van der Waals surface area contributed by atoms with Crippen LogP contribution in [-0.4, -0.2) is 159 Å². The van der Waals surface area contributed by atoms with Crippen LogP contribution in [0.3, 0.4) is 0 Å². The predicted octanol–water partition coefficient (Wildman–Crippen LogP) is 2.55. The van der Waals surface area contributed by atoms with Gasteiger partial charge < -0.3 is 63.0 Å². The molecule has 1 saturated heterocycles. The van der Waals surface area contributed by atoms with Crippen LogP contribution < -0.4 is 47.9 Å². The first-order valence-electron chi connectivity index (χ1n) is 29.0. The van der Waals surface area contributed by atoms with Crippen LogP contribution in [0.1, 0.15) is 194 Å². The molecule has 0 saturated carbocycles. The minimum atomic E-state index is -1.67. The van der Waals surface area contributed by atoms with Gasteiger partial charge >= 0.3 is 0 Å². The molecule has 22 heteroatoms. The summed E-state index contributed by atoms with van der Waals surface area (Å²) in [6, 6.07) is -6.00. The lowest BCUT2D eigenvalue weighted by atomic mass is 9.92. The summed E-state index contributed by atoms with van der Waals surface area (Å²) in [6.45, 7) is 27.2. The highest BCUT2D eigenvalue weighted by Crippen LogP contribution is 2.24. The maximum atomic E-state index is 14.1. The largest absolute Gasteiger partial charge is 0.395 e. The number of ketones is 1. The molecule has 1 heterocycles. The third-order valence-electron chi connectivity index (χ3n) is 14.4. The number of unbranched alkanes of at least 4 members (excludes halogenated alkanes) is 5. The molecule has 1 rings (SSSR count). The van der Waals surface area contributed by atoms with Crippen LogP contribution in [0.5, 0.6) is 0 Å². The minimum absolute atomic E-state index is 0.0296. The van der Waals surface area contributed by atoms with Crippen LogP contribution in [0, 0.1) is 23.7 Å². The zero-order chi connectivity index (χ0) is 60.6. The van der Waals surface area contributed by atoms with Crippen molar-refractivity contribution in [3.8, 4) is 0 Å². The summed E-state index contributed by atoms with van der Waals surface area (Å²) < 4.78 is 0. The molecule has 11 N–H and O–H groups in total. The summed E-state index contributed by atoms with van der Waals surface area (Å²) in [6.07, 6.45) is 7.64. The van der Waals surface area contributed by atoms with Gasteiger partial charge in [-0.3, -0.25) is 47.9 Å². The van der Waals surface area contributed by atoms with Gasteiger partial charge in [0.05, 0.1) is 12.7 Å². The Balaban J connectivity index is 3.18. The average molecular weight is 1120 g/mol. The molecule has 1 aliphatic rings. The Morgan fingerprint density at radius 2 is 1.15 bits per heavy atom. The second kappa shape index (κ2) is 34.2. The van der Waals surface area contributed by atoms with Crippen LogP contribution in [-0.2, 0) is 47.9 Å². The molecule has 454 valence electrons. The molecule has 5 unspecified atom stereocenters. The van der Waals surface area contributed by atoms with Crippen molar-refractivity contribution in [2.75, 3.05) is 26.2 Å². The predicted molar refractivity (Wildman–Crippen MR) is 304 cm³/mol. The van der Waals surface area contributed by atoms with E-state index in [0.29, 0.717) is 38.9 Å². The van der Waals surface area contributed by atoms with Gasteiger partial charge in [-0.2, -0.15) is 0 Å². The number of amides is 9. The molecular weight excluding hydrogens is 1020 g/mol. The topological polar surface area (TPSA) is 323 Å². The van der Waals surface area contributed by atoms with Gasteiger partial charge in [0.1, 0.15) is 52.6 Å². The van der Waals surface area contributed by atoms with Gasteiger partial charge in [-0.05, 0) is 105 Å². The number of carbonyl (C=O) groups excluding carboxylic acids is 10. The Kier molecular flexibility index (Phi) is 31.0. The maximum Gasteiger partial charge on any atom is 0.246 e. The lowest BCUT2D eigenvalue weighted by Gasteiger charge is -2.34. The number of hydrogen-bond donors (Lipinski definition) is 11. The van der Waals surface area contributed by atoms with E-state index in [1.807, 2.05) is 6.92 Å². The number of aliphatic hydroxyl groups excluding tert-OH is 2. The number of likely N-dealkylation sites (tertiary alicyclic amines) is 1. The van der Waals surface area contributed by atoms with E-state index in [1.165, 1.54) is 54.9 Å². The van der Waals surface area contributed by atoms with E-state index >= 15 is 0 Å². The van der Waals surface area contributed by atoms with Crippen molar-refractivity contribution in [1.29, 1.82) is 0 Å². The van der Waals surface area contributed by atoms with Crippen molar-refractivity contribution in [3.63, 3.8) is 0 Å². The number of rotatable bonds is 37. The molecule has 79 heavy (non-hydrogen) atoms. The lowest BCUT2D eigenvalue weighted by Crippen LogP contribution is -2.66. The number of hydrogen-bond acceptors (Lipinski definition) is 13. The van der Waals surface area contributed by atoms with Crippen LogP contribution in [0.2, 0.25) is 0 Å². The Morgan fingerprint density at radius 3 is 1.73 bits per heavy atom. The van der Waals surface area contributed by atoms with E-state index in [-0.39, 0.29) is 61.9 Å². The molecule has 9 amide bonds. The van der Waals surface area contributed by atoms with Gasteiger partial charge in [0, 0.05) is 44.4 Å². The number of Topliss-reactive ketones (excluding diaryl/α,β-unsaturated/α-hetero) is 1. The molecule has 22 nitrogen and oxygen atoms in total. The van der Waals surface area contributed by atoms with Gasteiger partial charge in [-0.15, -0.1) is 0 Å². The van der Waals surface area contributed by atoms with Crippen LogP contribution in [0.25, 0.3) is 0 Å². The van der Waals surface area contributed by atoms with Gasteiger partial charge in [0.15, 0.2) is 0 Å². The van der Waals surface area contributed by atoms with Crippen LogP contribution in [0.15, 0.2) is 0 Å². The summed E-state index contributed by atoms with van der Waals surface area (Å²) in [5.74, 6) is -7.29. The number of aliphatic hydroxyl groups is 2. The number of nitrogens with zero attached hydrogens (tertiary/aromatic N) is 1. The van der Waals surface area contributed by atoms with Crippen molar-refractivity contribution in [2.45, 2.75) is 253 Å². The second-order valence-corrected chi connectivity index (χ2v) is 24.3. The molecule has 0 aromatic carbocycles. The first-order chi connectivity index (χ1) is 36.6. The third-order valence-corrected chi connectivity index (χ3v) is 14.4. The average Bonchev–Trinajstić information content (AvgIpc) is 3.85. The Labute approximate surface area is 471 Å². The highest BCUT2D eigenvalue weighted by molar-refractivity contribution is 6.00. The highest BCUT2D eigenvalue weighted by atomic mass is 16.3. The molecule has 0 aromatic rings. The highest BCUT2D eigenvalue weighted by Gasteiger charge is 2.42. The molecule has 0 spiro atoms.